The van der Waals surface area contributed by atoms with Crippen molar-refractivity contribution >= 4 is 33.3 Å². The van der Waals surface area contributed by atoms with Gasteiger partial charge in [0.25, 0.3) is 5.91 Å². The Morgan fingerprint density at radius 1 is 1.10 bits per heavy atom. The summed E-state index contributed by atoms with van der Waals surface area (Å²) in [6.45, 7) is 4.38. The zero-order chi connectivity index (χ0) is 27.5. The molecule has 1 aliphatic carbocycles. The number of aryl methyl sites for hydroxylation is 3. The number of H-pyrrole nitrogens is 1. The van der Waals surface area contributed by atoms with Crippen LogP contribution in [0.4, 0.5) is 5.13 Å². The number of thiazole rings is 1. The van der Waals surface area contributed by atoms with E-state index in [4.69, 9.17) is 20.2 Å². The number of benzene rings is 2. The first-order valence-corrected chi connectivity index (χ1v) is 14.6. The molecule has 0 saturated heterocycles. The monoisotopic (exact) mass is 546 g/mol. The minimum atomic E-state index is -0.191. The van der Waals surface area contributed by atoms with Gasteiger partial charge in [-0.05, 0) is 62.4 Å². The van der Waals surface area contributed by atoms with Crippen LogP contribution in [0.5, 0.6) is 11.5 Å². The largest absolute Gasteiger partial charge is 0.496 e. The third kappa shape index (κ3) is 5.68. The second-order valence-corrected chi connectivity index (χ2v) is 11.6. The molecular weight excluding hydrogens is 508 g/mol. The van der Waals surface area contributed by atoms with Crippen LogP contribution in [0.15, 0.2) is 30.3 Å². The number of carbonyl (C=O) groups excluding carboxylic acids is 1. The molecule has 1 aliphatic rings. The molecule has 0 bridgehead atoms. The number of nitrogens with zero attached hydrogens (tertiary/aromatic N) is 1. The minimum absolute atomic E-state index is 0.191. The van der Waals surface area contributed by atoms with Crippen molar-refractivity contribution in [2.75, 3.05) is 19.5 Å². The average Bonchev–Trinajstić information content (AvgIpc) is 3.51. The standard InChI is InChI=1S/C31H38N4O3S/c1-18-10-12-24-22(14-18)19(2)28(33-24)30(36)35-31-34-29(27(39-31)13-11-20-8-6-5-7-9-20)23-16-25(37-3)21(17-32)15-26(23)38-4/h10,12,14-16,20,33H,5-9,11,13,17,32H2,1-4H3,(H,34,35,36). The van der Waals surface area contributed by atoms with Gasteiger partial charge >= 0.3 is 0 Å². The summed E-state index contributed by atoms with van der Waals surface area (Å²) < 4.78 is 11.4. The molecule has 0 unspecified atom stereocenters. The number of rotatable bonds is 9. The fraction of sp³-hybridized carbons (Fsp3) is 0.419. The number of amides is 1. The molecule has 5 rings (SSSR count). The lowest BCUT2D eigenvalue weighted by Gasteiger charge is -2.21. The van der Waals surface area contributed by atoms with Crippen molar-refractivity contribution in [2.45, 2.75) is 65.3 Å². The van der Waals surface area contributed by atoms with E-state index in [2.05, 4.69) is 23.3 Å². The molecule has 1 saturated carbocycles. The Morgan fingerprint density at radius 2 is 1.87 bits per heavy atom. The highest BCUT2D eigenvalue weighted by Gasteiger charge is 2.23. The topological polar surface area (TPSA) is 102 Å². The lowest BCUT2D eigenvalue weighted by atomic mass is 9.86. The number of ether oxygens (including phenoxy) is 2. The third-order valence-electron chi connectivity index (χ3n) is 7.94. The number of aromatic nitrogens is 2. The molecule has 39 heavy (non-hydrogen) atoms. The molecular formula is C31H38N4O3S. The molecule has 2 aromatic carbocycles. The van der Waals surface area contributed by atoms with E-state index in [0.717, 1.165) is 62.5 Å². The number of fused-ring (bicyclic) bond motifs is 1. The molecule has 8 heteroatoms. The maximum absolute atomic E-state index is 13.4. The number of nitrogens with two attached hydrogens (primary N) is 1. The van der Waals surface area contributed by atoms with E-state index in [0.29, 0.717) is 28.9 Å². The van der Waals surface area contributed by atoms with Crippen LogP contribution < -0.4 is 20.5 Å². The van der Waals surface area contributed by atoms with Crippen LogP contribution in [0, 0.1) is 19.8 Å². The van der Waals surface area contributed by atoms with Crippen molar-refractivity contribution in [3.63, 3.8) is 0 Å². The molecule has 4 N–H and O–H groups in total. The third-order valence-corrected chi connectivity index (χ3v) is 8.97. The van der Waals surface area contributed by atoms with Crippen LogP contribution in [-0.4, -0.2) is 30.1 Å². The Hall–Kier alpha value is -3.36. The van der Waals surface area contributed by atoms with Crippen LogP contribution >= 0.6 is 11.3 Å². The second-order valence-electron chi connectivity index (χ2n) is 10.5. The van der Waals surface area contributed by atoms with Gasteiger partial charge in [-0.1, -0.05) is 43.7 Å². The fourth-order valence-electron chi connectivity index (χ4n) is 5.73. The normalized spacial score (nSPS) is 14.1. The van der Waals surface area contributed by atoms with Crippen LogP contribution in [0.3, 0.4) is 0 Å². The van der Waals surface area contributed by atoms with E-state index >= 15 is 0 Å². The Morgan fingerprint density at radius 3 is 2.59 bits per heavy atom. The summed E-state index contributed by atoms with van der Waals surface area (Å²) in [5, 5.41) is 4.71. The summed E-state index contributed by atoms with van der Waals surface area (Å²) in [4.78, 5) is 22.8. The van der Waals surface area contributed by atoms with Crippen LogP contribution in [-0.2, 0) is 13.0 Å². The lowest BCUT2D eigenvalue weighted by molar-refractivity contribution is 0.102. The van der Waals surface area contributed by atoms with Crippen molar-refractivity contribution in [1.82, 2.24) is 9.97 Å². The molecule has 1 fully saturated rings. The van der Waals surface area contributed by atoms with Gasteiger partial charge in [0.2, 0.25) is 0 Å². The maximum Gasteiger partial charge on any atom is 0.274 e. The summed E-state index contributed by atoms with van der Waals surface area (Å²) in [6, 6.07) is 10.0. The number of anilines is 1. The lowest BCUT2D eigenvalue weighted by Crippen LogP contribution is -2.13. The van der Waals surface area contributed by atoms with Crippen molar-refractivity contribution in [2.24, 2.45) is 11.7 Å². The highest BCUT2D eigenvalue weighted by molar-refractivity contribution is 7.16. The van der Waals surface area contributed by atoms with E-state index in [1.807, 2.05) is 31.2 Å². The molecule has 206 valence electrons. The zero-order valence-electron chi connectivity index (χ0n) is 23.3. The molecule has 4 aromatic rings. The smallest absolute Gasteiger partial charge is 0.274 e. The molecule has 1 amide bonds. The van der Waals surface area contributed by atoms with E-state index in [9.17, 15) is 4.79 Å². The van der Waals surface area contributed by atoms with Crippen molar-refractivity contribution in [1.29, 1.82) is 0 Å². The first-order chi connectivity index (χ1) is 18.9. The van der Waals surface area contributed by atoms with E-state index < -0.39 is 0 Å². The number of methoxy groups -OCH3 is 2. The van der Waals surface area contributed by atoms with Crippen molar-refractivity contribution in [3.8, 4) is 22.8 Å². The predicted molar refractivity (Wildman–Crippen MR) is 159 cm³/mol. The number of hydrogen-bond donors (Lipinski definition) is 3. The molecule has 0 atom stereocenters. The number of aromatic amines is 1. The van der Waals surface area contributed by atoms with Gasteiger partial charge in [-0.25, -0.2) is 4.98 Å². The summed E-state index contributed by atoms with van der Waals surface area (Å²) in [6.07, 6.45) is 8.58. The summed E-state index contributed by atoms with van der Waals surface area (Å²) in [5.41, 5.74) is 12.1. The van der Waals surface area contributed by atoms with Gasteiger partial charge in [0, 0.05) is 33.5 Å². The van der Waals surface area contributed by atoms with Crippen molar-refractivity contribution < 1.29 is 14.3 Å². The molecule has 2 aromatic heterocycles. The minimum Gasteiger partial charge on any atom is -0.496 e. The highest BCUT2D eigenvalue weighted by Crippen LogP contribution is 2.41. The number of carbonyl (C=O) groups is 1. The molecule has 2 heterocycles. The highest BCUT2D eigenvalue weighted by atomic mass is 32.1. The van der Waals surface area contributed by atoms with Gasteiger partial charge < -0.3 is 20.2 Å². The Kier molecular flexibility index (Phi) is 8.23. The molecule has 0 aliphatic heterocycles. The van der Waals surface area contributed by atoms with E-state index in [-0.39, 0.29) is 5.91 Å². The van der Waals surface area contributed by atoms with Crippen LogP contribution in [0.1, 0.15) is 70.6 Å². The van der Waals surface area contributed by atoms with Crippen molar-refractivity contribution in [3.05, 3.63) is 57.6 Å². The average molecular weight is 547 g/mol. The van der Waals surface area contributed by atoms with Crippen LogP contribution in [0.25, 0.3) is 22.2 Å². The summed E-state index contributed by atoms with van der Waals surface area (Å²) in [7, 11) is 3.30. The summed E-state index contributed by atoms with van der Waals surface area (Å²) >= 11 is 1.55. The summed E-state index contributed by atoms with van der Waals surface area (Å²) in [5.74, 6) is 1.94. The Bertz CT molecular complexity index is 1480. The predicted octanol–water partition coefficient (Wildman–Crippen LogP) is 7.15. The maximum atomic E-state index is 13.4. The van der Waals surface area contributed by atoms with Gasteiger partial charge in [-0.15, -0.1) is 11.3 Å². The number of nitrogens with one attached hydrogen (secondary N) is 2. The molecule has 0 radical (unpaired) electrons. The first kappa shape index (κ1) is 27.2. The van der Waals surface area contributed by atoms with Crippen LogP contribution in [0.2, 0.25) is 0 Å². The second kappa shape index (κ2) is 11.8. The SMILES string of the molecule is COc1cc(-c2nc(NC(=O)c3[nH]c4ccc(C)cc4c3C)sc2CCC2CCCCC2)c(OC)cc1CN. The fourth-order valence-corrected chi connectivity index (χ4v) is 6.71. The number of hydrogen-bond acceptors (Lipinski definition) is 6. The quantitative estimate of drug-likeness (QED) is 0.207. The first-order valence-electron chi connectivity index (χ1n) is 13.8. The van der Waals surface area contributed by atoms with Gasteiger partial charge in [0.1, 0.15) is 17.2 Å². The van der Waals surface area contributed by atoms with E-state index in [1.165, 1.54) is 32.1 Å². The van der Waals surface area contributed by atoms with Gasteiger partial charge in [0.15, 0.2) is 5.13 Å². The zero-order valence-corrected chi connectivity index (χ0v) is 24.1. The Balaban J connectivity index is 1.50. The van der Waals surface area contributed by atoms with E-state index in [1.54, 1.807) is 25.6 Å². The Labute approximate surface area is 234 Å². The van der Waals surface area contributed by atoms with Gasteiger partial charge in [-0.3, -0.25) is 10.1 Å². The van der Waals surface area contributed by atoms with Gasteiger partial charge in [0.05, 0.1) is 19.9 Å². The molecule has 0 spiro atoms. The van der Waals surface area contributed by atoms with Gasteiger partial charge in [-0.2, -0.15) is 0 Å². The molecule has 7 nitrogen and oxygen atoms in total.